The first-order chi connectivity index (χ1) is 8.60. The van der Waals surface area contributed by atoms with Crippen molar-refractivity contribution in [3.63, 3.8) is 0 Å². The maximum absolute atomic E-state index is 5.39. The fourth-order valence-corrected chi connectivity index (χ4v) is 3.11. The fourth-order valence-electron chi connectivity index (χ4n) is 1.74. The van der Waals surface area contributed by atoms with Gasteiger partial charge in [0.15, 0.2) is 0 Å². The van der Waals surface area contributed by atoms with Gasteiger partial charge in [0.05, 0.1) is 10.7 Å². The molecule has 6 heteroatoms. The van der Waals surface area contributed by atoms with E-state index in [1.165, 1.54) is 0 Å². The van der Waals surface area contributed by atoms with Crippen LogP contribution in [0, 0.1) is 10.8 Å². The van der Waals surface area contributed by atoms with Crippen LogP contribution in [0.15, 0.2) is 4.42 Å². The second-order valence-corrected chi connectivity index (χ2v) is 6.10. The summed E-state index contributed by atoms with van der Waals surface area (Å²) in [6.07, 6.45) is 2.99. The summed E-state index contributed by atoms with van der Waals surface area (Å²) in [6.45, 7) is 6.53. The molecule has 0 aromatic carbocycles. The third kappa shape index (κ3) is 3.05. The maximum Gasteiger partial charge on any atom is 0.284 e. The van der Waals surface area contributed by atoms with E-state index in [1.807, 2.05) is 0 Å². The number of thiazole rings is 1. The Morgan fingerprint density at radius 2 is 2.22 bits per heavy atom. The van der Waals surface area contributed by atoms with Crippen LogP contribution in [0.25, 0.3) is 10.8 Å². The van der Waals surface area contributed by atoms with E-state index in [1.54, 1.807) is 11.3 Å². The van der Waals surface area contributed by atoms with Crippen LogP contribution in [0.4, 0.5) is 0 Å². The number of aromatic amines is 1. The maximum atomic E-state index is 5.39. The van der Waals surface area contributed by atoms with Crippen LogP contribution < -0.4 is 0 Å². The summed E-state index contributed by atoms with van der Waals surface area (Å²) in [5.74, 6) is 1.17. The summed E-state index contributed by atoms with van der Waals surface area (Å²) in [5, 5.41) is 7.91. The largest absolute Gasteiger partial charge is 0.408 e. The molecule has 0 spiro atoms. The molecule has 2 aromatic heterocycles. The number of nitrogens with zero attached hydrogens (tertiary/aromatic N) is 2. The minimum atomic E-state index is 0.311. The lowest BCUT2D eigenvalue weighted by atomic mass is 10.1. The van der Waals surface area contributed by atoms with E-state index >= 15 is 0 Å². The summed E-state index contributed by atoms with van der Waals surface area (Å²) in [7, 11) is 0. The Morgan fingerprint density at radius 1 is 1.44 bits per heavy atom. The Kier molecular flexibility index (Phi) is 4.29. The molecule has 0 radical (unpaired) electrons. The monoisotopic (exact) mass is 283 g/mol. The number of rotatable bonds is 5. The van der Waals surface area contributed by atoms with Crippen LogP contribution in [0.3, 0.4) is 0 Å². The molecule has 0 atom stereocenters. The molecule has 0 aliphatic heterocycles. The van der Waals surface area contributed by atoms with Crippen molar-refractivity contribution in [2.24, 2.45) is 5.92 Å². The Balaban J connectivity index is 2.37. The molecule has 18 heavy (non-hydrogen) atoms. The molecule has 0 amide bonds. The average Bonchev–Trinajstić information content (AvgIpc) is 2.85. The highest BCUT2D eigenvalue weighted by Crippen LogP contribution is 2.31. The van der Waals surface area contributed by atoms with Crippen molar-refractivity contribution in [1.82, 2.24) is 15.2 Å². The highest BCUT2D eigenvalue weighted by Gasteiger charge is 2.17. The Bertz CT molecular complexity index is 568. The molecule has 2 rings (SSSR count). The van der Waals surface area contributed by atoms with Crippen LogP contribution in [-0.4, -0.2) is 15.2 Å². The highest BCUT2D eigenvalue weighted by atomic mass is 32.1. The second-order valence-electron chi connectivity index (χ2n) is 4.65. The third-order valence-electron chi connectivity index (χ3n) is 2.44. The minimum absolute atomic E-state index is 0.311. The van der Waals surface area contributed by atoms with Gasteiger partial charge in [-0.05, 0) is 24.6 Å². The predicted octanol–water partition coefficient (Wildman–Crippen LogP) is 4.01. The van der Waals surface area contributed by atoms with Gasteiger partial charge < -0.3 is 4.42 Å². The molecule has 0 saturated carbocycles. The van der Waals surface area contributed by atoms with Crippen LogP contribution in [0.5, 0.6) is 0 Å². The van der Waals surface area contributed by atoms with E-state index in [4.69, 9.17) is 21.6 Å². The minimum Gasteiger partial charge on any atom is -0.408 e. The molecule has 4 nitrogen and oxygen atoms in total. The Hall–Kier alpha value is -1.01. The lowest BCUT2D eigenvalue weighted by Crippen LogP contribution is -1.94. The van der Waals surface area contributed by atoms with Crippen molar-refractivity contribution in [2.75, 3.05) is 0 Å². The van der Waals surface area contributed by atoms with E-state index < -0.39 is 0 Å². The van der Waals surface area contributed by atoms with Crippen LogP contribution in [0.2, 0.25) is 0 Å². The first kappa shape index (κ1) is 13.4. The molecule has 0 bridgehead atoms. The second kappa shape index (κ2) is 5.75. The van der Waals surface area contributed by atoms with E-state index in [9.17, 15) is 0 Å². The first-order valence-electron chi connectivity index (χ1n) is 6.14. The van der Waals surface area contributed by atoms with E-state index in [2.05, 4.69) is 31.0 Å². The average molecular weight is 283 g/mol. The van der Waals surface area contributed by atoms with Crippen molar-refractivity contribution in [2.45, 2.75) is 40.0 Å². The summed E-state index contributed by atoms with van der Waals surface area (Å²) in [6, 6.07) is 0. The van der Waals surface area contributed by atoms with Crippen molar-refractivity contribution < 1.29 is 4.42 Å². The van der Waals surface area contributed by atoms with Gasteiger partial charge in [0.1, 0.15) is 4.88 Å². The number of hydrogen-bond acceptors (Lipinski definition) is 5. The van der Waals surface area contributed by atoms with Gasteiger partial charge in [-0.15, -0.1) is 16.4 Å². The lowest BCUT2D eigenvalue weighted by molar-refractivity contribution is 0.552. The summed E-state index contributed by atoms with van der Waals surface area (Å²) in [4.78, 5) is 6.02. The molecule has 98 valence electrons. The van der Waals surface area contributed by atoms with Gasteiger partial charge in [0, 0.05) is 6.42 Å². The number of nitrogens with one attached hydrogen (secondary N) is 1. The Labute approximate surface area is 115 Å². The van der Waals surface area contributed by atoms with Gasteiger partial charge >= 0.3 is 0 Å². The van der Waals surface area contributed by atoms with Gasteiger partial charge in [-0.2, -0.15) is 0 Å². The van der Waals surface area contributed by atoms with Crippen LogP contribution >= 0.6 is 23.6 Å². The topological polar surface area (TPSA) is 54.7 Å². The molecule has 0 unspecified atom stereocenters. The molecular formula is C12H17N3OS2. The third-order valence-corrected chi connectivity index (χ3v) is 3.73. The number of aryl methyl sites for hydroxylation is 1. The Morgan fingerprint density at radius 3 is 2.78 bits per heavy atom. The van der Waals surface area contributed by atoms with Gasteiger partial charge in [0.2, 0.25) is 0 Å². The zero-order valence-electron chi connectivity index (χ0n) is 10.8. The number of hydrogen-bond donors (Lipinski definition) is 1. The number of H-pyrrole nitrogens is 1. The van der Waals surface area contributed by atoms with E-state index in [0.29, 0.717) is 16.6 Å². The molecule has 1 N–H and O–H groups in total. The molecule has 2 heterocycles. The van der Waals surface area contributed by atoms with E-state index in [-0.39, 0.29) is 0 Å². The normalized spacial score (nSPS) is 11.3. The van der Waals surface area contributed by atoms with Crippen molar-refractivity contribution in [3.8, 4) is 10.8 Å². The fraction of sp³-hybridized carbons (Fsp3) is 0.583. The lowest BCUT2D eigenvalue weighted by Gasteiger charge is -1.98. The van der Waals surface area contributed by atoms with Crippen LogP contribution in [-0.2, 0) is 12.8 Å². The zero-order chi connectivity index (χ0) is 13.1. The highest BCUT2D eigenvalue weighted by molar-refractivity contribution is 7.71. The van der Waals surface area contributed by atoms with E-state index in [0.717, 1.165) is 34.8 Å². The summed E-state index contributed by atoms with van der Waals surface area (Å²) < 4.78 is 5.39. The van der Waals surface area contributed by atoms with Crippen molar-refractivity contribution >= 4 is 23.6 Å². The molecule has 0 aliphatic carbocycles. The number of aromatic nitrogens is 3. The molecule has 0 fully saturated rings. The molecule has 0 saturated heterocycles. The summed E-state index contributed by atoms with van der Waals surface area (Å²) in [5.41, 5.74) is 1.07. The van der Waals surface area contributed by atoms with Gasteiger partial charge in [0.25, 0.3) is 10.7 Å². The predicted molar refractivity (Wildman–Crippen MR) is 75.3 cm³/mol. The van der Waals surface area contributed by atoms with Crippen molar-refractivity contribution in [3.05, 3.63) is 15.5 Å². The quantitative estimate of drug-likeness (QED) is 0.842. The van der Waals surface area contributed by atoms with Crippen molar-refractivity contribution in [1.29, 1.82) is 0 Å². The molecule has 0 aliphatic rings. The standard InChI is InChI=1S/C12H17N3OS2/c1-4-5-8-10(11-14-15-12(17)16-11)18-9(13-8)6-7(2)3/h7H,4-6H2,1-3H3,(H,15,17). The van der Waals surface area contributed by atoms with Gasteiger partial charge in [-0.3, -0.25) is 0 Å². The zero-order valence-corrected chi connectivity index (χ0v) is 12.5. The summed E-state index contributed by atoms with van der Waals surface area (Å²) >= 11 is 6.58. The molecular weight excluding hydrogens is 266 g/mol. The SMILES string of the molecule is CCCc1nc(CC(C)C)sc1-c1n[nH]c(=S)o1. The first-order valence-corrected chi connectivity index (χ1v) is 7.37. The van der Waals surface area contributed by atoms with Gasteiger partial charge in [-0.25, -0.2) is 10.1 Å². The van der Waals surface area contributed by atoms with Gasteiger partial charge in [-0.1, -0.05) is 27.2 Å². The smallest absolute Gasteiger partial charge is 0.284 e. The van der Waals surface area contributed by atoms with Crippen LogP contribution in [0.1, 0.15) is 37.9 Å². The molecule has 2 aromatic rings.